The van der Waals surface area contributed by atoms with Gasteiger partial charge in [0.05, 0.1) is 11.1 Å². The van der Waals surface area contributed by atoms with Gasteiger partial charge in [0.25, 0.3) is 0 Å². The summed E-state index contributed by atoms with van der Waals surface area (Å²) in [6.07, 6.45) is -9.30. The van der Waals surface area contributed by atoms with Gasteiger partial charge in [0.1, 0.15) is 11.5 Å². The fourth-order valence-electron chi connectivity index (χ4n) is 6.26. The Hall–Kier alpha value is -6.47. The van der Waals surface area contributed by atoms with Crippen LogP contribution in [-0.2, 0) is 12.4 Å². The van der Waals surface area contributed by atoms with Crippen LogP contribution in [0.5, 0.6) is 11.5 Å². The molecular weight excluding hydrogens is 772 g/mol. The number of benzene rings is 6. The molecule has 0 aliphatic heterocycles. The lowest BCUT2D eigenvalue weighted by atomic mass is 9.85. The third-order valence-electron chi connectivity index (χ3n) is 9.14. The number of rotatable bonds is 6. The molecule has 6 aromatic carbocycles. The number of nitrogens with two attached hydrogens (primary N) is 2. The van der Waals surface area contributed by atoms with Crippen molar-refractivity contribution in [3.05, 3.63) is 153 Å². The molecule has 0 unspecified atom stereocenters. The van der Waals surface area contributed by atoms with Gasteiger partial charge < -0.3 is 26.9 Å². The first-order valence-electron chi connectivity index (χ1n) is 16.9. The second kappa shape index (κ2) is 16.3. The Morgan fingerprint density at radius 3 is 1.54 bits per heavy atom. The molecule has 294 valence electrons. The van der Waals surface area contributed by atoms with Crippen molar-refractivity contribution in [3.8, 4) is 56.0 Å². The molecule has 7 N–H and O–H groups in total. The molecule has 6 aromatic rings. The Morgan fingerprint density at radius 2 is 1.09 bits per heavy atom. The summed E-state index contributed by atoms with van der Waals surface area (Å²) in [5, 5.41) is 31.7. The standard InChI is InChI=1S/C22H19F3N2O2.C21H15ClF3NO2/c1-12-3-4-13(2)17(9-12)20-18(14-5-7-16(28)8-6-14)10-15(22(23,24)25)11-19(20)21(26)27-29;1-11-15(3-2-4-18(11)22)19-16(12-5-7-14(27)8-6-12)9-13(21(23,24)25)10-17(19)20(26)28/h3-11,28-29H,1-2H3,(H2,26,27);2-10,27H,1H3,(H2,26,28). The number of halogens is 7. The van der Waals surface area contributed by atoms with Crippen molar-refractivity contribution in [1.82, 2.24) is 0 Å². The first kappa shape index (κ1) is 41.7. The van der Waals surface area contributed by atoms with Crippen molar-refractivity contribution in [2.75, 3.05) is 0 Å². The summed E-state index contributed by atoms with van der Waals surface area (Å²) in [5.41, 5.74) is 14.5. The number of oxime groups is 1. The second-order valence-corrected chi connectivity index (χ2v) is 13.5. The maximum atomic E-state index is 13.6. The second-order valence-electron chi connectivity index (χ2n) is 13.1. The number of phenols is 2. The van der Waals surface area contributed by atoms with Crippen molar-refractivity contribution >= 4 is 23.3 Å². The minimum Gasteiger partial charge on any atom is -0.508 e. The molecule has 0 aliphatic carbocycles. The topological polar surface area (TPSA) is 142 Å². The van der Waals surface area contributed by atoms with Gasteiger partial charge in [0.2, 0.25) is 5.91 Å². The van der Waals surface area contributed by atoms with Crippen LogP contribution >= 0.6 is 11.6 Å². The van der Waals surface area contributed by atoms with Crippen LogP contribution < -0.4 is 11.5 Å². The highest BCUT2D eigenvalue weighted by molar-refractivity contribution is 6.31. The molecule has 6 rings (SSSR count). The van der Waals surface area contributed by atoms with E-state index in [4.69, 9.17) is 23.1 Å². The van der Waals surface area contributed by atoms with E-state index in [1.807, 2.05) is 32.0 Å². The largest absolute Gasteiger partial charge is 0.508 e. The number of phenolic OH excluding ortho intramolecular Hbond substituents is 2. The minimum atomic E-state index is -4.67. The highest BCUT2D eigenvalue weighted by Gasteiger charge is 2.35. The van der Waals surface area contributed by atoms with Gasteiger partial charge in [-0.05, 0) is 120 Å². The lowest BCUT2D eigenvalue weighted by molar-refractivity contribution is -0.138. The van der Waals surface area contributed by atoms with Gasteiger partial charge in [-0.3, -0.25) is 4.79 Å². The van der Waals surface area contributed by atoms with E-state index in [9.17, 15) is 46.6 Å². The summed E-state index contributed by atoms with van der Waals surface area (Å²) < 4.78 is 81.1. The summed E-state index contributed by atoms with van der Waals surface area (Å²) in [6.45, 7) is 5.42. The molecule has 14 heteroatoms. The molecule has 0 aliphatic rings. The highest BCUT2D eigenvalue weighted by Crippen LogP contribution is 2.44. The number of alkyl halides is 6. The average Bonchev–Trinajstić information content (AvgIpc) is 3.15. The predicted octanol–water partition coefficient (Wildman–Crippen LogP) is 11.3. The maximum Gasteiger partial charge on any atom is 0.416 e. The number of aryl methyl sites for hydroxylation is 2. The van der Waals surface area contributed by atoms with Crippen LogP contribution in [-0.4, -0.2) is 27.2 Å². The van der Waals surface area contributed by atoms with Crippen LogP contribution in [0.25, 0.3) is 44.5 Å². The zero-order valence-electron chi connectivity index (χ0n) is 30.4. The average molecular weight is 806 g/mol. The van der Waals surface area contributed by atoms with Gasteiger partial charge >= 0.3 is 12.4 Å². The summed E-state index contributed by atoms with van der Waals surface area (Å²) in [5.74, 6) is -1.45. The Bertz CT molecular complexity index is 2500. The van der Waals surface area contributed by atoms with E-state index in [0.717, 1.165) is 35.4 Å². The smallest absolute Gasteiger partial charge is 0.416 e. The van der Waals surface area contributed by atoms with Crippen molar-refractivity contribution in [1.29, 1.82) is 0 Å². The molecule has 0 saturated carbocycles. The maximum absolute atomic E-state index is 13.6. The van der Waals surface area contributed by atoms with Crippen LogP contribution in [0.15, 0.2) is 114 Å². The number of hydrogen-bond donors (Lipinski definition) is 5. The van der Waals surface area contributed by atoms with Crippen molar-refractivity contribution in [2.45, 2.75) is 33.1 Å². The number of carbonyl (C=O) groups excluding carboxylic acids is 1. The number of amides is 1. The van der Waals surface area contributed by atoms with E-state index in [2.05, 4.69) is 5.16 Å². The first-order chi connectivity index (χ1) is 26.7. The van der Waals surface area contributed by atoms with Crippen molar-refractivity contribution < 1.29 is 46.6 Å². The minimum absolute atomic E-state index is 0.00864. The van der Waals surface area contributed by atoms with E-state index in [0.29, 0.717) is 38.4 Å². The number of hydrogen-bond acceptors (Lipinski definition) is 5. The molecule has 57 heavy (non-hydrogen) atoms. The van der Waals surface area contributed by atoms with Crippen LogP contribution in [0.1, 0.15) is 43.7 Å². The molecule has 0 fully saturated rings. The van der Waals surface area contributed by atoms with Crippen LogP contribution in [0.4, 0.5) is 26.3 Å². The van der Waals surface area contributed by atoms with Gasteiger partial charge in [0, 0.05) is 27.3 Å². The molecule has 7 nitrogen and oxygen atoms in total. The normalized spacial score (nSPS) is 11.9. The molecule has 0 aromatic heterocycles. The van der Waals surface area contributed by atoms with E-state index in [-0.39, 0.29) is 39.3 Å². The SMILES string of the molecule is Cc1c(Cl)cccc1-c1c(C(N)=O)cc(C(F)(F)F)cc1-c1ccc(O)cc1.Cc1ccc(C)c(-c2c(C(N)=NO)cc(C(F)(F)F)cc2-c2ccc(O)cc2)c1. The van der Waals surface area contributed by atoms with Gasteiger partial charge in [0.15, 0.2) is 5.84 Å². The van der Waals surface area contributed by atoms with Gasteiger partial charge in [-0.25, -0.2) is 0 Å². The van der Waals surface area contributed by atoms with Gasteiger partial charge in [-0.1, -0.05) is 76.9 Å². The third-order valence-corrected chi connectivity index (χ3v) is 9.55. The van der Waals surface area contributed by atoms with E-state index >= 15 is 0 Å². The van der Waals surface area contributed by atoms with Crippen LogP contribution in [0, 0.1) is 20.8 Å². The fourth-order valence-corrected chi connectivity index (χ4v) is 6.44. The van der Waals surface area contributed by atoms with Gasteiger partial charge in [-0.15, -0.1) is 0 Å². The molecule has 0 heterocycles. The lowest BCUT2D eigenvalue weighted by Crippen LogP contribution is -2.17. The predicted molar refractivity (Wildman–Crippen MR) is 208 cm³/mol. The molecule has 0 saturated heterocycles. The van der Waals surface area contributed by atoms with Crippen LogP contribution in [0.3, 0.4) is 0 Å². The Morgan fingerprint density at radius 1 is 0.614 bits per heavy atom. The van der Waals surface area contributed by atoms with Gasteiger partial charge in [-0.2, -0.15) is 26.3 Å². The molecule has 0 bridgehead atoms. The monoisotopic (exact) mass is 805 g/mol. The number of nitrogens with zero attached hydrogens (tertiary/aromatic N) is 1. The zero-order valence-corrected chi connectivity index (χ0v) is 31.1. The summed E-state index contributed by atoms with van der Waals surface area (Å²) in [4.78, 5) is 12.1. The number of primary amides is 1. The summed E-state index contributed by atoms with van der Waals surface area (Å²) in [7, 11) is 0. The van der Waals surface area contributed by atoms with E-state index in [1.165, 1.54) is 48.5 Å². The highest BCUT2D eigenvalue weighted by atomic mass is 35.5. The molecular formula is C43H34ClF6N3O4. The Balaban J connectivity index is 0.000000218. The van der Waals surface area contributed by atoms with Crippen molar-refractivity contribution in [2.24, 2.45) is 16.6 Å². The summed E-state index contributed by atoms with van der Waals surface area (Å²) >= 11 is 6.19. The van der Waals surface area contributed by atoms with Crippen molar-refractivity contribution in [3.63, 3.8) is 0 Å². The summed E-state index contributed by atoms with van der Waals surface area (Å²) in [6, 6.07) is 25.7. The molecule has 1 amide bonds. The fraction of sp³-hybridized carbons (Fsp3) is 0.116. The third kappa shape index (κ3) is 9.16. The Kier molecular flexibility index (Phi) is 11.9. The lowest BCUT2D eigenvalue weighted by Gasteiger charge is -2.20. The number of carbonyl (C=O) groups is 1. The molecule has 0 spiro atoms. The van der Waals surface area contributed by atoms with E-state index < -0.39 is 35.2 Å². The number of amidine groups is 1. The molecule has 0 radical (unpaired) electrons. The number of aromatic hydroxyl groups is 2. The zero-order chi connectivity index (χ0) is 42.0. The van der Waals surface area contributed by atoms with E-state index in [1.54, 1.807) is 25.1 Å². The van der Waals surface area contributed by atoms with Crippen LogP contribution in [0.2, 0.25) is 5.02 Å². The molecule has 0 atom stereocenters. The first-order valence-corrected chi connectivity index (χ1v) is 17.3. The quantitative estimate of drug-likeness (QED) is 0.0374. The Labute approximate surface area is 328 Å².